The van der Waals surface area contributed by atoms with Gasteiger partial charge < -0.3 is 9.84 Å². The third-order valence-corrected chi connectivity index (χ3v) is 2.65. The van der Waals surface area contributed by atoms with E-state index in [0.717, 1.165) is 25.7 Å². The zero-order valence-corrected chi connectivity index (χ0v) is 7.74. The van der Waals surface area contributed by atoms with Crippen LogP contribution in [0.5, 0.6) is 0 Å². The van der Waals surface area contributed by atoms with Crippen molar-refractivity contribution in [1.29, 1.82) is 0 Å². The summed E-state index contributed by atoms with van der Waals surface area (Å²) in [5, 5.41) is 8.75. The predicted octanol–water partition coefficient (Wildman–Crippen LogP) is 2.04. The van der Waals surface area contributed by atoms with Crippen LogP contribution in [0, 0.1) is 11.8 Å². The Bertz CT molecular complexity index is 181. The van der Waals surface area contributed by atoms with Gasteiger partial charge in [0.05, 0.1) is 18.8 Å². The number of hydrogen-bond donors (Lipinski definition) is 1. The smallest absolute Gasteiger partial charge is 0.306 e. The summed E-state index contributed by atoms with van der Waals surface area (Å²) in [5.74, 6) is -0.253. The molecule has 0 amide bonds. The van der Waals surface area contributed by atoms with Crippen LogP contribution < -0.4 is 0 Å². The Morgan fingerprint density at radius 2 is 2.08 bits per heavy atom. The molecule has 0 radical (unpaired) electrons. The summed E-state index contributed by atoms with van der Waals surface area (Å²) in [7, 11) is 0. The van der Waals surface area contributed by atoms with Crippen molar-refractivity contribution in [2.45, 2.75) is 25.7 Å². The van der Waals surface area contributed by atoms with E-state index in [4.69, 9.17) is 9.84 Å². The third kappa shape index (κ3) is 3.09. The van der Waals surface area contributed by atoms with Crippen molar-refractivity contribution in [2.75, 3.05) is 6.61 Å². The first-order valence-electron chi connectivity index (χ1n) is 4.69. The van der Waals surface area contributed by atoms with E-state index in [1.807, 2.05) is 0 Å². The summed E-state index contributed by atoms with van der Waals surface area (Å²) in [6.07, 6.45) is 4.96. The molecular formula is C10H16O3. The molecule has 0 aliphatic heterocycles. The molecule has 0 aromatic heterocycles. The topological polar surface area (TPSA) is 46.5 Å². The zero-order chi connectivity index (χ0) is 9.68. The van der Waals surface area contributed by atoms with E-state index < -0.39 is 5.97 Å². The van der Waals surface area contributed by atoms with Gasteiger partial charge in [0.2, 0.25) is 0 Å². The van der Waals surface area contributed by atoms with Gasteiger partial charge in [-0.25, -0.2) is 0 Å². The van der Waals surface area contributed by atoms with Crippen molar-refractivity contribution in [2.24, 2.45) is 11.8 Å². The minimum Gasteiger partial charge on any atom is -0.502 e. The molecule has 0 spiro atoms. The number of carboxylic acid groups (broad SMARTS) is 1. The largest absolute Gasteiger partial charge is 0.502 e. The molecule has 1 aliphatic carbocycles. The van der Waals surface area contributed by atoms with E-state index in [1.165, 1.54) is 6.26 Å². The fourth-order valence-electron chi connectivity index (χ4n) is 1.78. The van der Waals surface area contributed by atoms with Gasteiger partial charge in [0.15, 0.2) is 0 Å². The van der Waals surface area contributed by atoms with E-state index in [-0.39, 0.29) is 5.92 Å². The molecule has 0 aromatic rings. The maximum atomic E-state index is 10.6. The van der Waals surface area contributed by atoms with Crippen LogP contribution in [0.4, 0.5) is 0 Å². The van der Waals surface area contributed by atoms with Gasteiger partial charge in [0.25, 0.3) is 0 Å². The average Bonchev–Trinajstić information content (AvgIpc) is 2.15. The number of carboxylic acids is 1. The Balaban J connectivity index is 2.22. The predicted molar refractivity (Wildman–Crippen MR) is 49.2 cm³/mol. The van der Waals surface area contributed by atoms with Crippen molar-refractivity contribution in [3.8, 4) is 0 Å². The summed E-state index contributed by atoms with van der Waals surface area (Å²) < 4.78 is 5.09. The maximum Gasteiger partial charge on any atom is 0.306 e. The van der Waals surface area contributed by atoms with Gasteiger partial charge in [-0.15, -0.1) is 0 Å². The van der Waals surface area contributed by atoms with Crippen LogP contribution in [0.15, 0.2) is 12.8 Å². The van der Waals surface area contributed by atoms with Crippen LogP contribution in [0.2, 0.25) is 0 Å². The van der Waals surface area contributed by atoms with Crippen molar-refractivity contribution in [1.82, 2.24) is 0 Å². The Morgan fingerprint density at radius 1 is 1.46 bits per heavy atom. The SMILES string of the molecule is C=COCC1CCC(C(=O)O)CC1. The van der Waals surface area contributed by atoms with E-state index in [0.29, 0.717) is 12.5 Å². The van der Waals surface area contributed by atoms with Crippen LogP contribution in [0.1, 0.15) is 25.7 Å². The summed E-state index contributed by atoms with van der Waals surface area (Å²) in [5.41, 5.74) is 0. The zero-order valence-electron chi connectivity index (χ0n) is 7.74. The first-order valence-corrected chi connectivity index (χ1v) is 4.69. The number of ether oxygens (including phenoxy) is 1. The Morgan fingerprint density at radius 3 is 2.54 bits per heavy atom. The number of carbonyl (C=O) groups is 1. The number of aliphatic carboxylic acids is 1. The molecule has 74 valence electrons. The molecule has 1 aliphatic rings. The molecule has 3 heteroatoms. The molecule has 0 bridgehead atoms. The Kier molecular flexibility index (Phi) is 3.80. The molecule has 3 nitrogen and oxygen atoms in total. The van der Waals surface area contributed by atoms with E-state index >= 15 is 0 Å². The van der Waals surface area contributed by atoms with E-state index in [1.54, 1.807) is 0 Å². The lowest BCUT2D eigenvalue weighted by Gasteiger charge is -2.25. The maximum absolute atomic E-state index is 10.6. The molecule has 0 unspecified atom stereocenters. The fourth-order valence-corrected chi connectivity index (χ4v) is 1.78. The van der Waals surface area contributed by atoms with Crippen LogP contribution in [-0.4, -0.2) is 17.7 Å². The van der Waals surface area contributed by atoms with Gasteiger partial charge in [0.1, 0.15) is 0 Å². The molecule has 1 rings (SSSR count). The lowest BCUT2D eigenvalue weighted by Crippen LogP contribution is -2.23. The standard InChI is InChI=1S/C10H16O3/c1-2-13-7-8-3-5-9(6-4-8)10(11)12/h2,8-9H,1,3-7H2,(H,11,12). The van der Waals surface area contributed by atoms with Gasteiger partial charge >= 0.3 is 5.97 Å². The highest BCUT2D eigenvalue weighted by Gasteiger charge is 2.25. The first-order chi connectivity index (χ1) is 6.24. The highest BCUT2D eigenvalue weighted by Crippen LogP contribution is 2.28. The molecule has 1 fully saturated rings. The summed E-state index contributed by atoms with van der Waals surface area (Å²) >= 11 is 0. The van der Waals surface area contributed by atoms with Gasteiger partial charge in [-0.2, -0.15) is 0 Å². The van der Waals surface area contributed by atoms with Gasteiger partial charge in [-0.3, -0.25) is 4.79 Å². The monoisotopic (exact) mass is 184 g/mol. The second kappa shape index (κ2) is 4.90. The summed E-state index contributed by atoms with van der Waals surface area (Å²) in [6.45, 7) is 4.16. The Hall–Kier alpha value is -0.990. The van der Waals surface area contributed by atoms with E-state index in [2.05, 4.69) is 6.58 Å². The second-order valence-electron chi connectivity index (χ2n) is 3.56. The molecular weight excluding hydrogens is 168 g/mol. The molecule has 0 heterocycles. The second-order valence-corrected chi connectivity index (χ2v) is 3.56. The quantitative estimate of drug-likeness (QED) is 0.680. The molecule has 13 heavy (non-hydrogen) atoms. The molecule has 0 atom stereocenters. The van der Waals surface area contributed by atoms with Gasteiger partial charge in [0, 0.05) is 0 Å². The highest BCUT2D eigenvalue weighted by atomic mass is 16.5. The summed E-state index contributed by atoms with van der Waals surface area (Å²) in [4.78, 5) is 10.6. The highest BCUT2D eigenvalue weighted by molar-refractivity contribution is 5.69. The average molecular weight is 184 g/mol. The minimum atomic E-state index is -0.650. The van der Waals surface area contributed by atoms with Gasteiger partial charge in [-0.1, -0.05) is 6.58 Å². The molecule has 1 N–H and O–H groups in total. The summed E-state index contributed by atoms with van der Waals surface area (Å²) in [6, 6.07) is 0. The van der Waals surface area contributed by atoms with Gasteiger partial charge in [-0.05, 0) is 31.6 Å². The van der Waals surface area contributed by atoms with Crippen LogP contribution in [0.25, 0.3) is 0 Å². The number of hydrogen-bond acceptors (Lipinski definition) is 2. The lowest BCUT2D eigenvalue weighted by atomic mass is 9.82. The third-order valence-electron chi connectivity index (χ3n) is 2.65. The van der Waals surface area contributed by atoms with Crippen LogP contribution in [-0.2, 0) is 9.53 Å². The van der Waals surface area contributed by atoms with Crippen LogP contribution >= 0.6 is 0 Å². The molecule has 0 aromatic carbocycles. The molecule has 0 saturated heterocycles. The normalized spacial score (nSPS) is 28.0. The van der Waals surface area contributed by atoms with E-state index in [9.17, 15) is 4.79 Å². The van der Waals surface area contributed by atoms with Crippen molar-refractivity contribution in [3.63, 3.8) is 0 Å². The fraction of sp³-hybridized carbons (Fsp3) is 0.700. The lowest BCUT2D eigenvalue weighted by molar-refractivity contribution is -0.143. The molecule has 1 saturated carbocycles. The number of rotatable bonds is 4. The van der Waals surface area contributed by atoms with Crippen molar-refractivity contribution < 1.29 is 14.6 Å². The first kappa shape index (κ1) is 10.1. The van der Waals surface area contributed by atoms with Crippen molar-refractivity contribution >= 4 is 5.97 Å². The minimum absolute atomic E-state index is 0.125. The van der Waals surface area contributed by atoms with Crippen molar-refractivity contribution in [3.05, 3.63) is 12.8 Å². The van der Waals surface area contributed by atoms with Crippen LogP contribution in [0.3, 0.4) is 0 Å². The Labute approximate surface area is 78.4 Å².